The first kappa shape index (κ1) is 15.5. The van der Waals surface area contributed by atoms with Gasteiger partial charge in [0, 0.05) is 0 Å². The molecule has 2 aromatic carbocycles. The standard InChI is InChI=1S/C18H17.2ClH.Hf/c1-12-4-6-15(7-5-12)18-10-16-8-13(2)14(3)9-17(16)11-18;;;/h4-11H,1-3H3;2*1H;/q;;;+2/p-2. The fraction of sp³-hybridized carbons (Fsp3) is 0.222. The average Bonchev–Trinajstić information content (AvgIpc) is 2.78. The Morgan fingerprint density at radius 1 is 0.905 bits per heavy atom. The summed E-state index contributed by atoms with van der Waals surface area (Å²) in [6.07, 6.45) is 2.28. The molecule has 0 heterocycles. The van der Waals surface area contributed by atoms with E-state index in [0.717, 1.165) is 0 Å². The summed E-state index contributed by atoms with van der Waals surface area (Å²) >= 11 is -2.62. The molecular weight excluding hydrogens is 466 g/mol. The summed E-state index contributed by atoms with van der Waals surface area (Å²) < 4.78 is 0.260. The Morgan fingerprint density at radius 2 is 1.52 bits per heavy atom. The zero-order chi connectivity index (χ0) is 15.1. The van der Waals surface area contributed by atoms with Crippen LogP contribution in [-0.4, -0.2) is 0 Å². The number of halogens is 2. The Morgan fingerprint density at radius 3 is 2.14 bits per heavy atom. The van der Waals surface area contributed by atoms with Crippen molar-refractivity contribution in [2.24, 2.45) is 0 Å². The average molecular weight is 483 g/mol. The minimum absolute atomic E-state index is 0.260. The van der Waals surface area contributed by atoms with E-state index in [1.807, 2.05) is 0 Å². The van der Waals surface area contributed by atoms with Gasteiger partial charge >= 0.3 is 142 Å². The SMILES string of the molecule is Cc1ccc(C2=Cc3cc(C)c(C)cc3[CH]2[Hf]([Cl])[Cl])cc1. The fourth-order valence-corrected chi connectivity index (χ4v) is 10.2. The molecule has 1 unspecified atom stereocenters. The number of aryl methyl sites for hydroxylation is 3. The summed E-state index contributed by atoms with van der Waals surface area (Å²) in [4.78, 5) is 0. The Kier molecular flexibility index (Phi) is 4.45. The molecule has 2 aromatic rings. The van der Waals surface area contributed by atoms with Gasteiger partial charge in [-0.3, -0.25) is 0 Å². The molecule has 1 atom stereocenters. The van der Waals surface area contributed by atoms with E-state index < -0.39 is 19.1 Å². The molecule has 0 bridgehead atoms. The zero-order valence-electron chi connectivity index (χ0n) is 12.4. The number of rotatable bonds is 2. The maximum atomic E-state index is 6.52. The van der Waals surface area contributed by atoms with E-state index in [-0.39, 0.29) is 3.67 Å². The Bertz CT molecular complexity index is 715. The molecule has 107 valence electrons. The van der Waals surface area contributed by atoms with Crippen molar-refractivity contribution in [1.82, 2.24) is 0 Å². The minimum atomic E-state index is -2.62. The zero-order valence-corrected chi connectivity index (χ0v) is 17.5. The Balaban J connectivity index is 2.13. The van der Waals surface area contributed by atoms with Crippen molar-refractivity contribution in [1.29, 1.82) is 0 Å². The molecule has 0 N–H and O–H groups in total. The number of benzene rings is 2. The van der Waals surface area contributed by atoms with Crippen LogP contribution in [0.4, 0.5) is 0 Å². The first-order chi connectivity index (χ1) is 9.97. The number of hydrogen-bond donors (Lipinski definition) is 0. The van der Waals surface area contributed by atoms with Crippen molar-refractivity contribution in [3.8, 4) is 0 Å². The third-order valence-electron chi connectivity index (χ3n) is 4.24. The van der Waals surface area contributed by atoms with Crippen LogP contribution in [-0.2, 0) is 19.1 Å². The predicted octanol–water partition coefficient (Wildman–Crippen LogP) is 6.13. The van der Waals surface area contributed by atoms with Crippen LogP contribution < -0.4 is 0 Å². The summed E-state index contributed by atoms with van der Waals surface area (Å²) in [5.41, 5.74) is 9.10. The molecule has 0 amide bonds. The van der Waals surface area contributed by atoms with Crippen molar-refractivity contribution in [2.75, 3.05) is 0 Å². The monoisotopic (exact) mass is 483 g/mol. The third kappa shape index (κ3) is 2.93. The first-order valence-electron chi connectivity index (χ1n) is 7.05. The van der Waals surface area contributed by atoms with Crippen LogP contribution in [0.1, 0.15) is 37.1 Å². The van der Waals surface area contributed by atoms with Gasteiger partial charge in [-0.1, -0.05) is 0 Å². The molecule has 1 aliphatic carbocycles. The fourth-order valence-electron chi connectivity index (χ4n) is 2.89. The van der Waals surface area contributed by atoms with Crippen molar-refractivity contribution in [3.05, 3.63) is 69.8 Å². The van der Waals surface area contributed by atoms with Gasteiger partial charge in [-0.15, -0.1) is 0 Å². The van der Waals surface area contributed by atoms with Gasteiger partial charge < -0.3 is 0 Å². The number of hydrogen-bond acceptors (Lipinski definition) is 0. The van der Waals surface area contributed by atoms with Gasteiger partial charge in [-0.05, 0) is 0 Å². The van der Waals surface area contributed by atoms with E-state index in [4.69, 9.17) is 17.2 Å². The summed E-state index contributed by atoms with van der Waals surface area (Å²) in [5.74, 6) is 0. The van der Waals surface area contributed by atoms with Gasteiger partial charge in [0.1, 0.15) is 0 Å². The summed E-state index contributed by atoms with van der Waals surface area (Å²) in [7, 11) is 13.0. The molecule has 0 nitrogen and oxygen atoms in total. The van der Waals surface area contributed by atoms with Crippen molar-refractivity contribution >= 4 is 28.8 Å². The second-order valence-electron chi connectivity index (χ2n) is 5.75. The van der Waals surface area contributed by atoms with Crippen LogP contribution in [0.15, 0.2) is 36.4 Å². The van der Waals surface area contributed by atoms with Crippen molar-refractivity contribution in [2.45, 2.75) is 24.4 Å². The van der Waals surface area contributed by atoms with Gasteiger partial charge in [0.05, 0.1) is 0 Å². The second-order valence-corrected chi connectivity index (χ2v) is 18.2. The Labute approximate surface area is 141 Å². The van der Waals surface area contributed by atoms with Gasteiger partial charge in [0.15, 0.2) is 0 Å². The number of allylic oxidation sites excluding steroid dienone is 1. The van der Waals surface area contributed by atoms with Crippen molar-refractivity contribution < 1.29 is 19.1 Å². The molecule has 0 saturated heterocycles. The summed E-state index contributed by atoms with van der Waals surface area (Å²) in [5, 5.41) is 0. The molecule has 0 aromatic heterocycles. The topological polar surface area (TPSA) is 0 Å². The van der Waals surface area contributed by atoms with Gasteiger partial charge in [0.25, 0.3) is 0 Å². The van der Waals surface area contributed by atoms with Crippen LogP contribution in [0.25, 0.3) is 11.6 Å². The van der Waals surface area contributed by atoms with E-state index in [1.165, 1.54) is 39.0 Å². The number of fused-ring (bicyclic) bond motifs is 1. The second kappa shape index (κ2) is 6.02. The molecule has 0 aliphatic heterocycles. The van der Waals surface area contributed by atoms with Gasteiger partial charge in [0.2, 0.25) is 0 Å². The van der Waals surface area contributed by atoms with E-state index in [2.05, 4.69) is 63.2 Å². The molecular formula is C18H17Cl2Hf. The van der Waals surface area contributed by atoms with E-state index in [0.29, 0.717) is 0 Å². The molecule has 0 fully saturated rings. The van der Waals surface area contributed by atoms with E-state index in [9.17, 15) is 0 Å². The Hall–Kier alpha value is -0.370. The van der Waals surface area contributed by atoms with Crippen LogP contribution in [0.3, 0.4) is 0 Å². The first-order valence-corrected chi connectivity index (χ1v) is 18.0. The van der Waals surface area contributed by atoms with Crippen LogP contribution in [0, 0.1) is 20.8 Å². The van der Waals surface area contributed by atoms with Crippen molar-refractivity contribution in [3.63, 3.8) is 0 Å². The molecule has 3 heteroatoms. The van der Waals surface area contributed by atoms with Gasteiger partial charge in [-0.2, -0.15) is 0 Å². The van der Waals surface area contributed by atoms with E-state index >= 15 is 0 Å². The van der Waals surface area contributed by atoms with E-state index in [1.54, 1.807) is 0 Å². The summed E-state index contributed by atoms with van der Waals surface area (Å²) in [6.45, 7) is 6.42. The molecule has 3 rings (SSSR count). The quantitative estimate of drug-likeness (QED) is 0.452. The van der Waals surface area contributed by atoms with Crippen LogP contribution in [0.5, 0.6) is 0 Å². The maximum absolute atomic E-state index is 6.52. The van der Waals surface area contributed by atoms with Crippen LogP contribution in [0.2, 0.25) is 0 Å². The molecule has 1 aliphatic rings. The molecule has 0 spiro atoms. The van der Waals surface area contributed by atoms with Crippen LogP contribution >= 0.6 is 17.2 Å². The third-order valence-corrected chi connectivity index (χ3v) is 11.6. The molecule has 21 heavy (non-hydrogen) atoms. The molecule has 0 saturated carbocycles. The van der Waals surface area contributed by atoms with Gasteiger partial charge in [-0.25, -0.2) is 0 Å². The molecule has 0 radical (unpaired) electrons. The normalized spacial score (nSPS) is 16.6. The predicted molar refractivity (Wildman–Crippen MR) is 89.4 cm³/mol. The summed E-state index contributed by atoms with van der Waals surface area (Å²) in [6, 6.07) is 13.2.